The van der Waals surface area contributed by atoms with Crippen molar-refractivity contribution >= 4 is 41.5 Å². The fraction of sp³-hybridized carbons (Fsp3) is 0.429. The fourth-order valence-corrected chi connectivity index (χ4v) is 2.31. The molecule has 2 rings (SSSR count). The van der Waals surface area contributed by atoms with Crippen LogP contribution in [0.5, 0.6) is 0 Å². The maximum Gasteiger partial charge on any atom is 0.417 e. The predicted molar refractivity (Wildman–Crippen MR) is 86.3 cm³/mol. The Morgan fingerprint density at radius 3 is 2.50 bits per heavy atom. The highest BCUT2D eigenvalue weighted by atomic mass is 35.5. The molecule has 0 aromatic heterocycles. The van der Waals surface area contributed by atoms with Crippen molar-refractivity contribution in [2.45, 2.75) is 6.18 Å². The number of anilines is 1. The van der Waals surface area contributed by atoms with Gasteiger partial charge >= 0.3 is 6.18 Å². The average molecular weight is 386 g/mol. The first kappa shape index (κ1) is 20.5. The summed E-state index contributed by atoms with van der Waals surface area (Å²) in [7, 11) is 1.48. The molecule has 0 spiro atoms. The van der Waals surface area contributed by atoms with Gasteiger partial charge in [0, 0.05) is 25.8 Å². The Bertz CT molecular complexity index is 622. The molecule has 1 fully saturated rings. The van der Waals surface area contributed by atoms with Gasteiger partial charge in [-0.05, 0) is 18.2 Å². The van der Waals surface area contributed by atoms with Crippen LogP contribution in [0.2, 0.25) is 5.02 Å². The zero-order valence-corrected chi connectivity index (χ0v) is 14.2. The van der Waals surface area contributed by atoms with Crippen molar-refractivity contribution in [2.24, 2.45) is 5.92 Å². The molecule has 5 nitrogen and oxygen atoms in total. The van der Waals surface area contributed by atoms with Crippen molar-refractivity contribution in [3.63, 3.8) is 0 Å². The first-order chi connectivity index (χ1) is 10.7. The maximum absolute atomic E-state index is 12.8. The Balaban J connectivity index is 0.00000288. The van der Waals surface area contributed by atoms with Crippen molar-refractivity contribution in [3.8, 4) is 0 Å². The van der Waals surface area contributed by atoms with Crippen molar-refractivity contribution in [2.75, 3.05) is 32.0 Å². The highest BCUT2D eigenvalue weighted by molar-refractivity contribution is 6.31. The number of amides is 2. The SMILES string of the molecule is CN(CC(=O)Nc1ccc(Cl)c(C(F)(F)F)c1)C(=O)C1CNC1.Cl. The molecule has 1 aliphatic rings. The summed E-state index contributed by atoms with van der Waals surface area (Å²) >= 11 is 5.51. The number of hydrogen-bond donors (Lipinski definition) is 2. The molecule has 134 valence electrons. The van der Waals surface area contributed by atoms with E-state index in [9.17, 15) is 22.8 Å². The monoisotopic (exact) mass is 385 g/mol. The van der Waals surface area contributed by atoms with E-state index in [0.29, 0.717) is 13.1 Å². The molecule has 0 aliphatic carbocycles. The number of halogens is 5. The molecule has 0 unspecified atom stereocenters. The Morgan fingerprint density at radius 2 is 2.00 bits per heavy atom. The Hall–Kier alpha value is -1.51. The van der Waals surface area contributed by atoms with Crippen molar-refractivity contribution in [3.05, 3.63) is 28.8 Å². The number of carbonyl (C=O) groups excluding carboxylic acids is 2. The topological polar surface area (TPSA) is 61.4 Å². The summed E-state index contributed by atoms with van der Waals surface area (Å²) in [6.07, 6.45) is -4.61. The Kier molecular flexibility index (Phi) is 6.88. The molecule has 0 radical (unpaired) electrons. The van der Waals surface area contributed by atoms with Crippen LogP contribution in [0, 0.1) is 5.92 Å². The van der Waals surface area contributed by atoms with Crippen LogP contribution in [0.4, 0.5) is 18.9 Å². The molecule has 10 heteroatoms. The van der Waals surface area contributed by atoms with Crippen LogP contribution in [0.3, 0.4) is 0 Å². The summed E-state index contributed by atoms with van der Waals surface area (Å²) in [5, 5.41) is 4.84. The molecular weight excluding hydrogens is 370 g/mol. The summed E-state index contributed by atoms with van der Waals surface area (Å²) in [6, 6.07) is 3.10. The van der Waals surface area contributed by atoms with E-state index in [4.69, 9.17) is 11.6 Å². The Morgan fingerprint density at radius 1 is 1.38 bits per heavy atom. The lowest BCUT2D eigenvalue weighted by Crippen LogP contribution is -2.52. The summed E-state index contributed by atoms with van der Waals surface area (Å²) in [5.41, 5.74) is -1.06. The quantitative estimate of drug-likeness (QED) is 0.836. The lowest BCUT2D eigenvalue weighted by Gasteiger charge is -2.29. The lowest BCUT2D eigenvalue weighted by atomic mass is 10.0. The van der Waals surface area contributed by atoms with Gasteiger partial charge in [-0.2, -0.15) is 13.2 Å². The number of benzene rings is 1. The maximum atomic E-state index is 12.8. The molecule has 1 heterocycles. The van der Waals surface area contributed by atoms with Crippen LogP contribution in [0.15, 0.2) is 18.2 Å². The van der Waals surface area contributed by atoms with Crippen molar-refractivity contribution in [1.29, 1.82) is 0 Å². The van der Waals surface area contributed by atoms with Crippen LogP contribution in [-0.2, 0) is 15.8 Å². The van der Waals surface area contributed by atoms with E-state index < -0.39 is 22.7 Å². The number of hydrogen-bond acceptors (Lipinski definition) is 3. The second-order valence-electron chi connectivity index (χ2n) is 5.29. The van der Waals surface area contributed by atoms with Gasteiger partial charge in [-0.15, -0.1) is 12.4 Å². The van der Waals surface area contributed by atoms with Gasteiger partial charge in [0.25, 0.3) is 0 Å². The number of likely N-dealkylation sites (N-methyl/N-ethyl adjacent to an activating group) is 1. The molecule has 1 aromatic rings. The summed E-state index contributed by atoms with van der Waals surface area (Å²) in [6.45, 7) is 0.896. The first-order valence-corrected chi connectivity index (χ1v) is 7.18. The minimum absolute atomic E-state index is 0. The third kappa shape index (κ3) is 4.99. The molecule has 0 atom stereocenters. The first-order valence-electron chi connectivity index (χ1n) is 6.81. The van der Waals surface area contributed by atoms with Crippen LogP contribution < -0.4 is 10.6 Å². The number of nitrogens with zero attached hydrogens (tertiary/aromatic N) is 1. The van der Waals surface area contributed by atoms with E-state index in [1.807, 2.05) is 0 Å². The minimum Gasteiger partial charge on any atom is -0.336 e. The normalized spacial score (nSPS) is 14.4. The molecule has 1 saturated heterocycles. The summed E-state index contributed by atoms with van der Waals surface area (Å²) in [4.78, 5) is 25.0. The number of alkyl halides is 3. The van der Waals surface area contributed by atoms with Gasteiger partial charge in [0.1, 0.15) is 0 Å². The van der Waals surface area contributed by atoms with Crippen LogP contribution in [0.25, 0.3) is 0 Å². The van der Waals surface area contributed by atoms with Crippen LogP contribution in [0.1, 0.15) is 5.56 Å². The van der Waals surface area contributed by atoms with E-state index in [1.165, 1.54) is 18.0 Å². The molecule has 1 aromatic carbocycles. The van der Waals surface area contributed by atoms with E-state index in [-0.39, 0.29) is 36.5 Å². The average Bonchev–Trinajstić information content (AvgIpc) is 2.37. The highest BCUT2D eigenvalue weighted by Gasteiger charge is 2.33. The standard InChI is InChI=1S/C14H15ClF3N3O2.ClH/c1-21(13(23)8-5-19-6-8)7-12(22)20-9-2-3-11(15)10(4-9)14(16,17)18;/h2-4,8,19H,5-7H2,1H3,(H,20,22);1H. The molecule has 2 amide bonds. The third-order valence-electron chi connectivity index (χ3n) is 3.44. The van der Waals surface area contributed by atoms with E-state index in [2.05, 4.69) is 10.6 Å². The predicted octanol–water partition coefficient (Wildman–Crippen LogP) is 2.40. The number of nitrogens with one attached hydrogen (secondary N) is 2. The summed E-state index contributed by atoms with van der Waals surface area (Å²) in [5.74, 6) is -0.908. The number of carbonyl (C=O) groups is 2. The zero-order chi connectivity index (χ0) is 17.2. The minimum atomic E-state index is -4.61. The van der Waals surface area contributed by atoms with E-state index in [1.54, 1.807) is 0 Å². The zero-order valence-electron chi connectivity index (χ0n) is 12.6. The number of rotatable bonds is 4. The summed E-state index contributed by atoms with van der Waals surface area (Å²) < 4.78 is 38.3. The third-order valence-corrected chi connectivity index (χ3v) is 3.77. The van der Waals surface area contributed by atoms with Gasteiger partial charge in [0.15, 0.2) is 0 Å². The smallest absolute Gasteiger partial charge is 0.336 e. The molecule has 0 saturated carbocycles. The van der Waals surface area contributed by atoms with Gasteiger partial charge in [-0.25, -0.2) is 0 Å². The highest BCUT2D eigenvalue weighted by Crippen LogP contribution is 2.36. The second kappa shape index (κ2) is 8.04. The van der Waals surface area contributed by atoms with E-state index in [0.717, 1.165) is 12.1 Å². The lowest BCUT2D eigenvalue weighted by molar-refractivity contribution is -0.138. The van der Waals surface area contributed by atoms with Gasteiger partial charge < -0.3 is 15.5 Å². The van der Waals surface area contributed by atoms with Gasteiger partial charge in [-0.1, -0.05) is 11.6 Å². The van der Waals surface area contributed by atoms with Crippen LogP contribution in [-0.4, -0.2) is 43.4 Å². The molecular formula is C14H16Cl2F3N3O2. The Labute approximate surface area is 147 Å². The fourth-order valence-electron chi connectivity index (χ4n) is 2.09. The van der Waals surface area contributed by atoms with Crippen molar-refractivity contribution in [1.82, 2.24) is 10.2 Å². The molecule has 0 bridgehead atoms. The van der Waals surface area contributed by atoms with E-state index >= 15 is 0 Å². The van der Waals surface area contributed by atoms with Gasteiger partial charge in [-0.3, -0.25) is 9.59 Å². The molecule has 2 N–H and O–H groups in total. The van der Waals surface area contributed by atoms with Crippen LogP contribution >= 0.6 is 24.0 Å². The molecule has 24 heavy (non-hydrogen) atoms. The van der Waals surface area contributed by atoms with Gasteiger partial charge in [0.2, 0.25) is 11.8 Å². The molecule has 1 aliphatic heterocycles. The second-order valence-corrected chi connectivity index (χ2v) is 5.70. The van der Waals surface area contributed by atoms with Gasteiger partial charge in [0.05, 0.1) is 23.0 Å². The largest absolute Gasteiger partial charge is 0.417 e. The van der Waals surface area contributed by atoms with Crippen molar-refractivity contribution < 1.29 is 22.8 Å².